The lowest BCUT2D eigenvalue weighted by Gasteiger charge is -2.22. The maximum Gasteiger partial charge on any atom is 0.414 e. The predicted octanol–water partition coefficient (Wildman–Crippen LogP) is 9.20. The van der Waals surface area contributed by atoms with Gasteiger partial charge in [-0.15, -0.1) is 0 Å². The first kappa shape index (κ1) is 32.8. The molecule has 0 bridgehead atoms. The molecule has 1 heterocycles. The van der Waals surface area contributed by atoms with Gasteiger partial charge in [-0.1, -0.05) is 75.6 Å². The third kappa shape index (κ3) is 8.28. The highest BCUT2D eigenvalue weighted by molar-refractivity contribution is 5.97. The average molecular weight is 598 g/mol. The third-order valence-electron chi connectivity index (χ3n) is 7.50. The number of aromatic nitrogens is 2. The molecule has 0 saturated carbocycles. The smallest absolute Gasteiger partial charge is 0.414 e. The molecule has 0 N–H and O–H groups in total. The van der Waals surface area contributed by atoms with E-state index in [0.717, 1.165) is 77.8 Å². The summed E-state index contributed by atoms with van der Waals surface area (Å²) in [6, 6.07) is 22.0. The lowest BCUT2D eigenvalue weighted by Crippen LogP contribution is -2.32. The van der Waals surface area contributed by atoms with Crippen LogP contribution in [0.1, 0.15) is 95.4 Å². The van der Waals surface area contributed by atoms with E-state index in [0.29, 0.717) is 25.3 Å². The summed E-state index contributed by atoms with van der Waals surface area (Å²) in [5.74, 6) is 0.706. The molecule has 7 nitrogen and oxygen atoms in total. The molecule has 1 amide bonds. The van der Waals surface area contributed by atoms with E-state index in [9.17, 15) is 9.59 Å². The van der Waals surface area contributed by atoms with Crippen molar-refractivity contribution in [3.05, 3.63) is 83.7 Å². The molecule has 44 heavy (non-hydrogen) atoms. The second-order valence-electron chi connectivity index (χ2n) is 12.2. The van der Waals surface area contributed by atoms with Crippen LogP contribution in [-0.2, 0) is 22.4 Å². The SMILES string of the molecule is CCCCCN(C(=O)OCC)c1ccc2nc(CCCC)n(Cc3ccc(-c4ccccc4C(=O)OC(C)(C)C)cc3)c2c1. The van der Waals surface area contributed by atoms with Crippen LogP contribution in [0, 0.1) is 0 Å². The Morgan fingerprint density at radius 2 is 1.61 bits per heavy atom. The van der Waals surface area contributed by atoms with E-state index in [1.807, 2.05) is 64.1 Å². The van der Waals surface area contributed by atoms with Crippen LogP contribution >= 0.6 is 0 Å². The van der Waals surface area contributed by atoms with Crippen LogP contribution in [0.3, 0.4) is 0 Å². The Hall–Kier alpha value is -4.13. The zero-order chi connectivity index (χ0) is 31.7. The van der Waals surface area contributed by atoms with Gasteiger partial charge in [0.15, 0.2) is 0 Å². The molecule has 3 aromatic carbocycles. The summed E-state index contributed by atoms with van der Waals surface area (Å²) < 4.78 is 13.4. The van der Waals surface area contributed by atoms with Gasteiger partial charge in [0.2, 0.25) is 0 Å². The van der Waals surface area contributed by atoms with Crippen LogP contribution in [0.15, 0.2) is 66.7 Å². The number of esters is 1. The predicted molar refractivity (Wildman–Crippen MR) is 178 cm³/mol. The fourth-order valence-corrected chi connectivity index (χ4v) is 5.30. The number of hydrogen-bond donors (Lipinski definition) is 0. The number of hydrogen-bond acceptors (Lipinski definition) is 5. The van der Waals surface area contributed by atoms with Gasteiger partial charge < -0.3 is 14.0 Å². The van der Waals surface area contributed by atoms with E-state index < -0.39 is 5.60 Å². The topological polar surface area (TPSA) is 73.7 Å². The first-order valence-electron chi connectivity index (χ1n) is 16.0. The molecule has 7 heteroatoms. The van der Waals surface area contributed by atoms with Crippen molar-refractivity contribution in [3.8, 4) is 11.1 Å². The lowest BCUT2D eigenvalue weighted by atomic mass is 9.98. The van der Waals surface area contributed by atoms with Crippen LogP contribution in [0.25, 0.3) is 22.2 Å². The van der Waals surface area contributed by atoms with E-state index in [2.05, 4.69) is 48.7 Å². The van der Waals surface area contributed by atoms with Gasteiger partial charge in [0, 0.05) is 25.2 Å². The van der Waals surface area contributed by atoms with Gasteiger partial charge in [0.05, 0.1) is 23.2 Å². The fraction of sp³-hybridized carbons (Fsp3) is 0.432. The Labute approximate surface area is 262 Å². The number of anilines is 1. The molecule has 0 aliphatic rings. The molecule has 0 spiro atoms. The van der Waals surface area contributed by atoms with Crippen molar-refractivity contribution in [1.29, 1.82) is 0 Å². The molecular formula is C37H47N3O4. The number of benzene rings is 3. The average Bonchev–Trinajstić information content (AvgIpc) is 3.34. The number of carbonyl (C=O) groups excluding carboxylic acids is 2. The minimum absolute atomic E-state index is 0.317. The standard InChI is InChI=1S/C37H47N3O4/c1-7-10-14-24-39(36(42)43-9-3)29-22-23-32-33(25-29)40(34(38-32)17-11-8-2)26-27-18-20-28(21-19-27)30-15-12-13-16-31(30)35(41)44-37(4,5)6/h12-13,15-16,18-23,25H,7-11,14,17,24,26H2,1-6H3. The van der Waals surface area contributed by atoms with Crippen molar-refractivity contribution in [2.75, 3.05) is 18.1 Å². The number of unbranched alkanes of at least 4 members (excludes halogenated alkanes) is 3. The summed E-state index contributed by atoms with van der Waals surface area (Å²) in [6.45, 7) is 13.4. The molecule has 234 valence electrons. The van der Waals surface area contributed by atoms with Gasteiger partial charge >= 0.3 is 12.1 Å². The zero-order valence-corrected chi connectivity index (χ0v) is 27.2. The summed E-state index contributed by atoms with van der Waals surface area (Å²) in [7, 11) is 0. The van der Waals surface area contributed by atoms with Gasteiger partial charge in [0.25, 0.3) is 0 Å². The van der Waals surface area contributed by atoms with Crippen molar-refractivity contribution >= 4 is 28.8 Å². The number of rotatable bonds is 13. The maximum absolute atomic E-state index is 12.9. The highest BCUT2D eigenvalue weighted by Gasteiger charge is 2.22. The van der Waals surface area contributed by atoms with E-state index in [-0.39, 0.29) is 12.1 Å². The van der Waals surface area contributed by atoms with E-state index >= 15 is 0 Å². The number of nitrogens with zero attached hydrogens (tertiary/aromatic N) is 3. The lowest BCUT2D eigenvalue weighted by molar-refractivity contribution is 0.00703. The highest BCUT2D eigenvalue weighted by Crippen LogP contribution is 2.29. The molecule has 0 atom stereocenters. The minimum Gasteiger partial charge on any atom is -0.456 e. The molecule has 1 aromatic heterocycles. The molecular weight excluding hydrogens is 550 g/mol. The summed E-state index contributed by atoms with van der Waals surface area (Å²) in [4.78, 5) is 32.6. The summed E-state index contributed by atoms with van der Waals surface area (Å²) in [5, 5.41) is 0. The normalized spacial score (nSPS) is 11.5. The summed E-state index contributed by atoms with van der Waals surface area (Å²) >= 11 is 0. The fourth-order valence-electron chi connectivity index (χ4n) is 5.30. The van der Waals surface area contributed by atoms with Crippen LogP contribution < -0.4 is 4.90 Å². The summed E-state index contributed by atoms with van der Waals surface area (Å²) in [5.41, 5.74) is 5.64. The molecule has 0 aliphatic carbocycles. The Bertz CT molecular complexity index is 1550. The van der Waals surface area contributed by atoms with Crippen molar-refractivity contribution in [2.24, 2.45) is 0 Å². The van der Waals surface area contributed by atoms with Crippen LogP contribution in [0.4, 0.5) is 10.5 Å². The highest BCUT2D eigenvalue weighted by atomic mass is 16.6. The second kappa shape index (κ2) is 15.0. The van der Waals surface area contributed by atoms with E-state index in [1.165, 1.54) is 0 Å². The Balaban J connectivity index is 1.67. The summed E-state index contributed by atoms with van der Waals surface area (Å²) in [6.07, 6.45) is 5.72. The second-order valence-corrected chi connectivity index (χ2v) is 12.2. The molecule has 4 aromatic rings. The monoisotopic (exact) mass is 597 g/mol. The minimum atomic E-state index is -0.570. The first-order valence-corrected chi connectivity index (χ1v) is 16.0. The Morgan fingerprint density at radius 3 is 2.30 bits per heavy atom. The maximum atomic E-state index is 12.9. The van der Waals surface area contributed by atoms with Gasteiger partial charge in [-0.2, -0.15) is 0 Å². The Morgan fingerprint density at radius 1 is 0.886 bits per heavy atom. The number of carbonyl (C=O) groups is 2. The molecule has 4 rings (SSSR count). The number of aryl methyl sites for hydroxylation is 1. The quantitative estimate of drug-likeness (QED) is 0.113. The van der Waals surface area contributed by atoms with Crippen molar-refractivity contribution in [1.82, 2.24) is 9.55 Å². The first-order chi connectivity index (χ1) is 21.1. The number of imidazole rings is 1. The van der Waals surface area contributed by atoms with Gasteiger partial charge in [-0.05, 0) is 81.5 Å². The zero-order valence-electron chi connectivity index (χ0n) is 27.2. The van der Waals surface area contributed by atoms with Crippen molar-refractivity contribution < 1.29 is 19.1 Å². The third-order valence-corrected chi connectivity index (χ3v) is 7.50. The van der Waals surface area contributed by atoms with Gasteiger partial charge in [0.1, 0.15) is 11.4 Å². The molecule has 0 fully saturated rings. The molecule has 0 aliphatic heterocycles. The van der Waals surface area contributed by atoms with Crippen LogP contribution in [0.5, 0.6) is 0 Å². The molecule has 0 unspecified atom stereocenters. The molecule has 0 saturated heterocycles. The largest absolute Gasteiger partial charge is 0.456 e. The number of amides is 1. The van der Waals surface area contributed by atoms with Crippen LogP contribution in [0.2, 0.25) is 0 Å². The van der Waals surface area contributed by atoms with E-state index in [4.69, 9.17) is 14.5 Å². The Kier molecular flexibility index (Phi) is 11.2. The number of fused-ring (bicyclic) bond motifs is 1. The van der Waals surface area contributed by atoms with Gasteiger partial charge in [-0.3, -0.25) is 4.90 Å². The van der Waals surface area contributed by atoms with Gasteiger partial charge in [-0.25, -0.2) is 14.6 Å². The molecule has 0 radical (unpaired) electrons. The van der Waals surface area contributed by atoms with E-state index in [1.54, 1.807) is 4.90 Å². The van der Waals surface area contributed by atoms with Crippen molar-refractivity contribution in [3.63, 3.8) is 0 Å². The number of ether oxygens (including phenoxy) is 2. The van der Waals surface area contributed by atoms with Crippen molar-refractivity contribution in [2.45, 2.75) is 92.2 Å². The van der Waals surface area contributed by atoms with Crippen LogP contribution in [-0.4, -0.2) is 40.4 Å².